The Kier molecular flexibility index (Phi) is 11.0. The minimum absolute atomic E-state index is 0.0122. The molecule has 0 spiro atoms. The van der Waals surface area contributed by atoms with E-state index in [0.717, 1.165) is 21.9 Å². The Morgan fingerprint density at radius 1 is 0.900 bits per heavy atom. The highest BCUT2D eigenvalue weighted by atomic mass is 35.5. The Hall–Kier alpha value is -3.07. The summed E-state index contributed by atoms with van der Waals surface area (Å²) >= 11 is 12.5. The molecule has 0 aliphatic carbocycles. The van der Waals surface area contributed by atoms with E-state index in [1.54, 1.807) is 12.1 Å². The van der Waals surface area contributed by atoms with Gasteiger partial charge in [0.1, 0.15) is 12.6 Å². The number of hydrogen-bond acceptors (Lipinski definition) is 4. The SMILES string of the molecule is CC[C@@H](C)NC(=O)[C@H](CC)N(Cc1ccccc1)C(=O)CN(c1cc(Cl)cc(Cl)c1)S(=O)(=O)c1ccc(C)cc1. The zero-order chi connectivity index (χ0) is 29.4. The summed E-state index contributed by atoms with van der Waals surface area (Å²) in [6, 6.07) is 19.1. The van der Waals surface area contributed by atoms with Crippen LogP contribution >= 0.6 is 23.2 Å². The van der Waals surface area contributed by atoms with Crippen LogP contribution in [0.25, 0.3) is 0 Å². The first kappa shape index (κ1) is 31.5. The molecule has 0 radical (unpaired) electrons. The third-order valence-electron chi connectivity index (χ3n) is 6.61. The van der Waals surface area contributed by atoms with Gasteiger partial charge in [0.2, 0.25) is 11.8 Å². The predicted molar refractivity (Wildman–Crippen MR) is 161 cm³/mol. The molecule has 7 nitrogen and oxygen atoms in total. The monoisotopic (exact) mass is 603 g/mol. The normalized spacial score (nSPS) is 12.8. The van der Waals surface area contributed by atoms with Crippen molar-refractivity contribution < 1.29 is 18.0 Å². The maximum absolute atomic E-state index is 14.1. The Morgan fingerprint density at radius 3 is 2.05 bits per heavy atom. The fraction of sp³-hybridized carbons (Fsp3) is 0.333. The number of amides is 2. The third-order valence-corrected chi connectivity index (χ3v) is 8.83. The average Bonchev–Trinajstić information content (AvgIpc) is 2.91. The molecule has 0 fully saturated rings. The summed E-state index contributed by atoms with van der Waals surface area (Å²) in [5.41, 5.74) is 1.84. The quantitative estimate of drug-likeness (QED) is 0.266. The van der Waals surface area contributed by atoms with Crippen molar-refractivity contribution in [1.82, 2.24) is 10.2 Å². The van der Waals surface area contributed by atoms with Crippen LogP contribution in [0.3, 0.4) is 0 Å². The zero-order valence-electron chi connectivity index (χ0n) is 23.1. The highest BCUT2D eigenvalue weighted by Gasteiger charge is 2.34. The van der Waals surface area contributed by atoms with Gasteiger partial charge in [-0.3, -0.25) is 13.9 Å². The number of aryl methyl sites for hydroxylation is 1. The topological polar surface area (TPSA) is 86.8 Å². The van der Waals surface area contributed by atoms with Gasteiger partial charge in [-0.05, 0) is 62.6 Å². The third kappa shape index (κ3) is 7.99. The molecule has 0 aliphatic rings. The maximum Gasteiger partial charge on any atom is 0.264 e. The van der Waals surface area contributed by atoms with Gasteiger partial charge in [-0.1, -0.05) is 85.1 Å². The zero-order valence-corrected chi connectivity index (χ0v) is 25.4. The van der Waals surface area contributed by atoms with E-state index in [0.29, 0.717) is 6.42 Å². The van der Waals surface area contributed by atoms with Gasteiger partial charge in [0, 0.05) is 22.6 Å². The fourth-order valence-corrected chi connectivity index (χ4v) is 6.10. The summed E-state index contributed by atoms with van der Waals surface area (Å²) in [5, 5.41) is 3.41. The number of nitrogens with one attached hydrogen (secondary N) is 1. The van der Waals surface area contributed by atoms with Crippen LogP contribution in [0, 0.1) is 6.92 Å². The molecule has 214 valence electrons. The van der Waals surface area contributed by atoms with Crippen molar-refractivity contribution in [3.8, 4) is 0 Å². The van der Waals surface area contributed by atoms with E-state index in [4.69, 9.17) is 23.2 Å². The fourth-order valence-electron chi connectivity index (χ4n) is 4.19. The second-order valence-corrected chi connectivity index (χ2v) is 12.4. The van der Waals surface area contributed by atoms with Gasteiger partial charge in [-0.2, -0.15) is 0 Å². The second-order valence-electron chi connectivity index (χ2n) is 9.70. The summed E-state index contributed by atoms with van der Waals surface area (Å²) in [7, 11) is -4.21. The molecule has 0 saturated carbocycles. The van der Waals surface area contributed by atoms with Gasteiger partial charge < -0.3 is 10.2 Å². The maximum atomic E-state index is 14.1. The van der Waals surface area contributed by atoms with Crippen LogP contribution in [-0.4, -0.2) is 43.8 Å². The summed E-state index contributed by atoms with van der Waals surface area (Å²) in [6.45, 7) is 7.10. The predicted octanol–water partition coefficient (Wildman–Crippen LogP) is 6.22. The molecule has 0 aliphatic heterocycles. The Morgan fingerprint density at radius 2 is 1.50 bits per heavy atom. The number of benzene rings is 3. The number of halogens is 2. The molecule has 0 heterocycles. The molecule has 0 aromatic heterocycles. The number of anilines is 1. The van der Waals surface area contributed by atoms with Gasteiger partial charge in [0.05, 0.1) is 10.6 Å². The first-order valence-corrected chi connectivity index (χ1v) is 15.3. The Balaban J connectivity index is 2.08. The van der Waals surface area contributed by atoms with Crippen molar-refractivity contribution in [3.05, 3.63) is 94.0 Å². The van der Waals surface area contributed by atoms with Crippen LogP contribution in [0.4, 0.5) is 5.69 Å². The second kappa shape index (κ2) is 14.0. The number of hydrogen-bond donors (Lipinski definition) is 1. The molecular weight excluding hydrogens is 569 g/mol. The van der Waals surface area contributed by atoms with Gasteiger partial charge >= 0.3 is 0 Å². The van der Waals surface area contributed by atoms with Crippen molar-refractivity contribution in [2.45, 2.75) is 64.1 Å². The number of nitrogens with zero attached hydrogens (tertiary/aromatic N) is 2. The van der Waals surface area contributed by atoms with E-state index in [1.807, 2.05) is 58.0 Å². The molecule has 2 atom stereocenters. The minimum Gasteiger partial charge on any atom is -0.352 e. The minimum atomic E-state index is -4.21. The van der Waals surface area contributed by atoms with E-state index >= 15 is 0 Å². The van der Waals surface area contributed by atoms with Crippen LogP contribution in [0.15, 0.2) is 77.7 Å². The van der Waals surface area contributed by atoms with Crippen LogP contribution in [0.5, 0.6) is 0 Å². The molecule has 0 bridgehead atoms. The first-order chi connectivity index (χ1) is 19.0. The number of sulfonamides is 1. The van der Waals surface area contributed by atoms with Gasteiger partial charge in [0.25, 0.3) is 10.0 Å². The molecule has 10 heteroatoms. The van der Waals surface area contributed by atoms with Gasteiger partial charge in [-0.25, -0.2) is 8.42 Å². The van der Waals surface area contributed by atoms with Crippen molar-refractivity contribution in [1.29, 1.82) is 0 Å². The lowest BCUT2D eigenvalue weighted by Crippen LogP contribution is -2.53. The van der Waals surface area contributed by atoms with Crippen molar-refractivity contribution in [3.63, 3.8) is 0 Å². The van der Waals surface area contributed by atoms with Crippen molar-refractivity contribution in [2.75, 3.05) is 10.8 Å². The standard InChI is InChI=1S/C30H35Cl2N3O4S/c1-5-22(4)33-30(37)28(6-2)34(19-23-10-8-7-9-11-23)29(36)20-35(26-17-24(31)16-25(32)18-26)40(38,39)27-14-12-21(3)13-15-27/h7-18,22,28H,5-6,19-20H2,1-4H3,(H,33,37)/t22-,28+/m1/s1. The molecule has 1 N–H and O–H groups in total. The number of rotatable bonds is 12. The van der Waals surface area contributed by atoms with Crippen LogP contribution in [0.2, 0.25) is 10.0 Å². The van der Waals surface area contributed by atoms with E-state index < -0.39 is 28.5 Å². The first-order valence-electron chi connectivity index (χ1n) is 13.2. The summed E-state index contributed by atoms with van der Waals surface area (Å²) in [6.07, 6.45) is 1.07. The lowest BCUT2D eigenvalue weighted by Gasteiger charge is -2.33. The van der Waals surface area contributed by atoms with Crippen LogP contribution in [-0.2, 0) is 26.2 Å². The van der Waals surface area contributed by atoms with E-state index in [9.17, 15) is 18.0 Å². The van der Waals surface area contributed by atoms with E-state index in [2.05, 4.69) is 5.32 Å². The Labute approximate surface area is 247 Å². The number of carbonyl (C=O) groups excluding carboxylic acids is 2. The summed E-state index contributed by atoms with van der Waals surface area (Å²) in [5.74, 6) is -0.832. The lowest BCUT2D eigenvalue weighted by molar-refractivity contribution is -0.140. The van der Waals surface area contributed by atoms with Gasteiger partial charge in [-0.15, -0.1) is 0 Å². The number of carbonyl (C=O) groups is 2. The average molecular weight is 605 g/mol. The van der Waals surface area contributed by atoms with E-state index in [1.165, 1.54) is 35.2 Å². The summed E-state index contributed by atoms with van der Waals surface area (Å²) in [4.78, 5) is 28.8. The van der Waals surface area contributed by atoms with Gasteiger partial charge in [0.15, 0.2) is 0 Å². The molecule has 40 heavy (non-hydrogen) atoms. The molecule has 0 unspecified atom stereocenters. The highest BCUT2D eigenvalue weighted by Crippen LogP contribution is 2.30. The van der Waals surface area contributed by atoms with Crippen molar-refractivity contribution in [2.24, 2.45) is 0 Å². The highest BCUT2D eigenvalue weighted by molar-refractivity contribution is 7.92. The molecular formula is C30H35Cl2N3O4S. The molecule has 0 saturated heterocycles. The molecule has 2 amide bonds. The summed E-state index contributed by atoms with van der Waals surface area (Å²) < 4.78 is 28.9. The molecule has 3 rings (SSSR count). The van der Waals surface area contributed by atoms with Crippen LogP contribution < -0.4 is 9.62 Å². The molecule has 3 aromatic rings. The Bertz CT molecular complexity index is 1400. The van der Waals surface area contributed by atoms with Crippen molar-refractivity contribution >= 4 is 50.7 Å². The lowest BCUT2D eigenvalue weighted by atomic mass is 10.1. The smallest absolute Gasteiger partial charge is 0.264 e. The van der Waals surface area contributed by atoms with E-state index in [-0.39, 0.29) is 39.1 Å². The molecule has 3 aromatic carbocycles. The van der Waals surface area contributed by atoms with Crippen LogP contribution in [0.1, 0.15) is 44.7 Å². The largest absolute Gasteiger partial charge is 0.352 e.